The Morgan fingerprint density at radius 3 is 3.00 bits per heavy atom. The summed E-state index contributed by atoms with van der Waals surface area (Å²) >= 11 is 0. The molecule has 17 heavy (non-hydrogen) atoms. The third-order valence-corrected chi connectivity index (χ3v) is 2.51. The molecule has 0 saturated heterocycles. The van der Waals surface area contributed by atoms with E-state index in [0.717, 1.165) is 5.56 Å². The number of aliphatic hydroxyl groups excluding tert-OH is 1. The van der Waals surface area contributed by atoms with Gasteiger partial charge in [-0.2, -0.15) is 0 Å². The summed E-state index contributed by atoms with van der Waals surface area (Å²) in [4.78, 5) is 15.4. The zero-order valence-corrected chi connectivity index (χ0v) is 9.38. The van der Waals surface area contributed by atoms with Crippen LogP contribution < -0.4 is 5.73 Å². The third kappa shape index (κ3) is 2.07. The molecule has 0 aliphatic heterocycles. The first-order chi connectivity index (χ1) is 8.15. The van der Waals surface area contributed by atoms with Crippen LogP contribution in [-0.2, 0) is 22.6 Å². The van der Waals surface area contributed by atoms with E-state index in [-0.39, 0.29) is 19.0 Å². The third-order valence-electron chi connectivity index (χ3n) is 2.51. The smallest absolute Gasteiger partial charge is 0.311 e. The highest BCUT2D eigenvalue weighted by molar-refractivity contribution is 5.74. The second-order valence-electron chi connectivity index (χ2n) is 3.62. The van der Waals surface area contributed by atoms with Crippen molar-refractivity contribution in [1.29, 1.82) is 0 Å². The summed E-state index contributed by atoms with van der Waals surface area (Å²) in [6.07, 6.45) is 1.73. The van der Waals surface area contributed by atoms with E-state index in [9.17, 15) is 4.79 Å². The van der Waals surface area contributed by atoms with Gasteiger partial charge in [0.05, 0.1) is 25.8 Å². The molecule has 3 N–H and O–H groups in total. The number of anilines is 1. The van der Waals surface area contributed by atoms with E-state index in [1.807, 2.05) is 0 Å². The van der Waals surface area contributed by atoms with Gasteiger partial charge in [-0.05, 0) is 11.6 Å². The van der Waals surface area contributed by atoms with Crippen LogP contribution in [0.2, 0.25) is 0 Å². The van der Waals surface area contributed by atoms with Crippen LogP contribution in [-0.4, -0.2) is 27.6 Å². The van der Waals surface area contributed by atoms with E-state index in [2.05, 4.69) is 9.72 Å². The minimum Gasteiger partial charge on any atom is -0.469 e. The molecule has 90 valence electrons. The number of aromatic nitrogens is 2. The van der Waals surface area contributed by atoms with Gasteiger partial charge in [-0.25, -0.2) is 4.98 Å². The maximum Gasteiger partial charge on any atom is 0.311 e. The van der Waals surface area contributed by atoms with Gasteiger partial charge in [-0.1, -0.05) is 6.07 Å². The number of ether oxygens (including phenoxy) is 1. The monoisotopic (exact) mass is 235 g/mol. The van der Waals surface area contributed by atoms with E-state index in [0.29, 0.717) is 17.2 Å². The summed E-state index contributed by atoms with van der Waals surface area (Å²) in [7, 11) is 1.32. The molecule has 2 rings (SSSR count). The van der Waals surface area contributed by atoms with Gasteiger partial charge in [0.2, 0.25) is 0 Å². The van der Waals surface area contributed by atoms with Gasteiger partial charge in [0.1, 0.15) is 11.5 Å². The maximum absolute atomic E-state index is 11.2. The van der Waals surface area contributed by atoms with Gasteiger partial charge >= 0.3 is 5.97 Å². The fraction of sp³-hybridized carbons (Fsp3) is 0.273. The van der Waals surface area contributed by atoms with Crippen LogP contribution in [0.3, 0.4) is 0 Å². The van der Waals surface area contributed by atoms with Crippen molar-refractivity contribution in [2.75, 3.05) is 12.8 Å². The number of carbonyl (C=O) groups is 1. The number of nitrogen functional groups attached to an aromatic ring is 1. The van der Waals surface area contributed by atoms with Gasteiger partial charge in [-0.3, -0.25) is 9.20 Å². The molecular formula is C11H13N3O3. The molecule has 0 radical (unpaired) electrons. The Morgan fingerprint density at radius 1 is 1.59 bits per heavy atom. The van der Waals surface area contributed by atoms with E-state index in [1.165, 1.54) is 7.11 Å². The quantitative estimate of drug-likeness (QED) is 0.738. The first-order valence-electron chi connectivity index (χ1n) is 5.08. The number of methoxy groups -OCH3 is 1. The van der Waals surface area contributed by atoms with Crippen molar-refractivity contribution in [2.45, 2.75) is 13.0 Å². The predicted molar refractivity (Wildman–Crippen MR) is 61.2 cm³/mol. The first-order valence-corrected chi connectivity index (χ1v) is 5.08. The van der Waals surface area contributed by atoms with E-state index in [4.69, 9.17) is 10.8 Å². The van der Waals surface area contributed by atoms with E-state index in [1.54, 1.807) is 22.7 Å². The molecule has 6 nitrogen and oxygen atoms in total. The number of imidazole rings is 1. The number of pyridine rings is 1. The molecule has 0 aromatic carbocycles. The molecule has 0 unspecified atom stereocenters. The van der Waals surface area contributed by atoms with E-state index >= 15 is 0 Å². The summed E-state index contributed by atoms with van der Waals surface area (Å²) < 4.78 is 6.21. The average Bonchev–Trinajstić information content (AvgIpc) is 2.66. The maximum atomic E-state index is 11.2. The lowest BCUT2D eigenvalue weighted by atomic mass is 10.3. The molecule has 2 aromatic heterocycles. The number of hydrogen-bond acceptors (Lipinski definition) is 5. The van der Waals surface area contributed by atoms with Crippen LogP contribution in [0.5, 0.6) is 0 Å². The summed E-state index contributed by atoms with van der Waals surface area (Å²) in [5.41, 5.74) is 7.72. The van der Waals surface area contributed by atoms with Crippen molar-refractivity contribution >= 4 is 17.4 Å². The lowest BCUT2D eigenvalue weighted by molar-refractivity contribution is -0.139. The zero-order chi connectivity index (χ0) is 12.4. The number of aliphatic hydroxyl groups is 1. The van der Waals surface area contributed by atoms with Crippen LogP contribution in [0.1, 0.15) is 11.3 Å². The van der Waals surface area contributed by atoms with Crippen molar-refractivity contribution < 1.29 is 14.6 Å². The van der Waals surface area contributed by atoms with Crippen LogP contribution >= 0.6 is 0 Å². The van der Waals surface area contributed by atoms with Crippen molar-refractivity contribution in [3.05, 3.63) is 29.6 Å². The minimum absolute atomic E-state index is 0.0402. The Bertz CT molecular complexity index is 562. The molecule has 0 aliphatic rings. The normalized spacial score (nSPS) is 10.7. The molecule has 2 heterocycles. The van der Waals surface area contributed by atoms with Crippen LogP contribution in [0, 0.1) is 0 Å². The molecule has 0 spiro atoms. The molecule has 6 heteroatoms. The minimum atomic E-state index is -0.387. The summed E-state index contributed by atoms with van der Waals surface area (Å²) in [6, 6.07) is 3.49. The highest BCUT2D eigenvalue weighted by Gasteiger charge is 2.13. The first kappa shape index (κ1) is 11.4. The number of nitrogens with two attached hydrogens (primary N) is 1. The molecule has 0 atom stereocenters. The van der Waals surface area contributed by atoms with Crippen LogP contribution in [0.25, 0.3) is 5.65 Å². The Balaban J connectivity index is 2.45. The van der Waals surface area contributed by atoms with Gasteiger partial charge in [-0.15, -0.1) is 0 Å². The van der Waals surface area contributed by atoms with E-state index < -0.39 is 0 Å². The number of nitrogens with zero attached hydrogens (tertiary/aromatic N) is 2. The number of esters is 1. The van der Waals surface area contributed by atoms with Gasteiger partial charge < -0.3 is 15.6 Å². The van der Waals surface area contributed by atoms with Crippen molar-refractivity contribution in [3.63, 3.8) is 0 Å². The second kappa shape index (κ2) is 4.42. The second-order valence-corrected chi connectivity index (χ2v) is 3.62. The van der Waals surface area contributed by atoms with Gasteiger partial charge in [0, 0.05) is 6.20 Å². The average molecular weight is 235 g/mol. The van der Waals surface area contributed by atoms with Crippen LogP contribution in [0.15, 0.2) is 18.3 Å². The Hall–Kier alpha value is -2.08. The molecule has 0 bridgehead atoms. The highest BCUT2D eigenvalue weighted by Crippen LogP contribution is 2.16. The molecule has 0 amide bonds. The molecular weight excluding hydrogens is 222 g/mol. The number of fused-ring (bicyclic) bond motifs is 1. The molecule has 2 aromatic rings. The largest absolute Gasteiger partial charge is 0.469 e. The zero-order valence-electron chi connectivity index (χ0n) is 9.38. The van der Waals surface area contributed by atoms with Crippen molar-refractivity contribution in [2.24, 2.45) is 0 Å². The lowest BCUT2D eigenvalue weighted by Gasteiger charge is -2.00. The Kier molecular flexibility index (Phi) is 2.97. The number of rotatable bonds is 3. The van der Waals surface area contributed by atoms with Crippen molar-refractivity contribution in [3.8, 4) is 0 Å². The fourth-order valence-electron chi connectivity index (χ4n) is 1.59. The summed E-state index contributed by atoms with van der Waals surface area (Å²) in [6.45, 7) is -0.0695. The Labute approximate surface area is 97.6 Å². The highest BCUT2D eigenvalue weighted by atomic mass is 16.5. The number of carbonyl (C=O) groups excluding carboxylic acids is 1. The SMILES string of the molecule is COC(=O)Cc1nc2ccc(CO)cn2c1N. The summed E-state index contributed by atoms with van der Waals surface area (Å²) in [5, 5.41) is 9.03. The van der Waals surface area contributed by atoms with Crippen molar-refractivity contribution in [1.82, 2.24) is 9.38 Å². The Morgan fingerprint density at radius 2 is 2.35 bits per heavy atom. The van der Waals surface area contributed by atoms with Gasteiger partial charge in [0.25, 0.3) is 0 Å². The van der Waals surface area contributed by atoms with Crippen LogP contribution in [0.4, 0.5) is 5.82 Å². The number of hydrogen-bond donors (Lipinski definition) is 2. The fourth-order valence-corrected chi connectivity index (χ4v) is 1.59. The molecule has 0 fully saturated rings. The molecule has 0 aliphatic carbocycles. The topological polar surface area (TPSA) is 89.8 Å². The predicted octanol–water partition coefficient (Wildman–Crippen LogP) is 0.124. The lowest BCUT2D eigenvalue weighted by Crippen LogP contribution is -2.07. The molecule has 0 saturated carbocycles. The summed E-state index contributed by atoms with van der Waals surface area (Å²) in [5.74, 6) is 0.00295. The standard InChI is InChI=1S/C11H13N3O3/c1-17-10(16)4-8-11(12)14-5-7(6-15)2-3-9(14)13-8/h2-3,5,15H,4,6,12H2,1H3. The van der Waals surface area contributed by atoms with Gasteiger partial charge in [0.15, 0.2) is 0 Å².